The molecular weight excluding hydrogens is 652 g/mol. The monoisotopic (exact) mass is 680 g/mol. The van der Waals surface area contributed by atoms with Crippen LogP contribution in [0, 0.1) is 0 Å². The van der Waals surface area contributed by atoms with E-state index in [2.05, 4.69) is 16.0 Å². The summed E-state index contributed by atoms with van der Waals surface area (Å²) in [5.74, 6) is -4.12. The second-order valence-corrected chi connectivity index (χ2v) is 15.6. The third-order valence-electron chi connectivity index (χ3n) is 7.71. The van der Waals surface area contributed by atoms with E-state index >= 15 is 0 Å². The molecule has 2 aromatic rings. The number of ether oxygens (including phenoxy) is 1. The number of fused-ring (bicyclic) bond motifs is 1. The van der Waals surface area contributed by atoms with Gasteiger partial charge in [0.25, 0.3) is 17.7 Å². The van der Waals surface area contributed by atoms with E-state index in [9.17, 15) is 40.8 Å². The molecule has 2 fully saturated rings. The van der Waals surface area contributed by atoms with Gasteiger partial charge in [-0.1, -0.05) is 17.7 Å². The molecule has 0 aromatic heterocycles. The Morgan fingerprint density at radius 3 is 2.47 bits per heavy atom. The normalized spacial score (nSPS) is 22.7. The Labute approximate surface area is 263 Å². The quantitative estimate of drug-likeness (QED) is 0.211. The lowest BCUT2D eigenvalue weighted by molar-refractivity contribution is -0.136. The largest absolute Gasteiger partial charge is 0.483 e. The number of nitrogens with zero attached hydrogens (tertiary/aromatic N) is 1. The molecule has 0 bridgehead atoms. The van der Waals surface area contributed by atoms with Crippen molar-refractivity contribution in [1.29, 1.82) is 0 Å². The maximum atomic E-state index is 13.2. The van der Waals surface area contributed by atoms with Gasteiger partial charge in [0.1, 0.15) is 11.8 Å². The molecular formula is C28H29ClN4O10S2. The molecule has 5 rings (SSSR count). The highest BCUT2D eigenvalue weighted by Crippen LogP contribution is 2.33. The van der Waals surface area contributed by atoms with Crippen molar-refractivity contribution in [3.05, 3.63) is 58.6 Å². The smallest absolute Gasteiger partial charge is 0.266 e. The molecule has 3 N–H and O–H groups in total. The summed E-state index contributed by atoms with van der Waals surface area (Å²) in [5.41, 5.74) is -0.0715. The van der Waals surface area contributed by atoms with Crippen molar-refractivity contribution in [2.75, 3.05) is 31.2 Å². The van der Waals surface area contributed by atoms with Crippen LogP contribution in [0.15, 0.2) is 47.4 Å². The van der Waals surface area contributed by atoms with Gasteiger partial charge in [0.05, 0.1) is 32.8 Å². The van der Waals surface area contributed by atoms with Gasteiger partial charge in [-0.3, -0.25) is 34.2 Å². The molecule has 3 aliphatic rings. The van der Waals surface area contributed by atoms with Gasteiger partial charge in [-0.25, -0.2) is 16.8 Å². The van der Waals surface area contributed by atoms with E-state index in [1.165, 1.54) is 42.5 Å². The van der Waals surface area contributed by atoms with Crippen molar-refractivity contribution in [1.82, 2.24) is 20.9 Å². The number of halogens is 1. The number of carbonyl (C=O) groups is 5. The summed E-state index contributed by atoms with van der Waals surface area (Å²) in [5, 5.41) is 6.91. The molecule has 0 aliphatic carbocycles. The number of imide groups is 2. The number of carbonyl (C=O) groups excluding carboxylic acids is 5. The molecule has 2 aromatic carbocycles. The minimum atomic E-state index is -3.96. The lowest BCUT2D eigenvalue weighted by Gasteiger charge is -2.27. The SMILES string of the molecule is O=C(COc1cccc2c1C(=O)N(C1CCC(=O)NC1=O)C2=O)NCCCN[C@H]1CS(=O)(=O)C[C@@H]1S(=O)(=O)c1ccc(Cl)cc1. The van der Waals surface area contributed by atoms with E-state index in [0.717, 1.165) is 4.90 Å². The van der Waals surface area contributed by atoms with Crippen LogP contribution in [-0.2, 0) is 34.1 Å². The number of hydrogen-bond acceptors (Lipinski definition) is 11. The average Bonchev–Trinajstić information content (AvgIpc) is 3.44. The van der Waals surface area contributed by atoms with Gasteiger partial charge < -0.3 is 15.4 Å². The summed E-state index contributed by atoms with van der Waals surface area (Å²) in [6.07, 6.45) is 0.315. The van der Waals surface area contributed by atoms with Crippen LogP contribution < -0.4 is 20.7 Å². The van der Waals surface area contributed by atoms with E-state index in [1.807, 2.05) is 0 Å². The molecule has 1 unspecified atom stereocenters. The topological polar surface area (TPSA) is 202 Å². The summed E-state index contributed by atoms with van der Waals surface area (Å²) < 4.78 is 56.5. The summed E-state index contributed by atoms with van der Waals surface area (Å²) in [4.78, 5) is 63.1. The van der Waals surface area contributed by atoms with Gasteiger partial charge >= 0.3 is 0 Å². The third-order valence-corrected chi connectivity index (χ3v) is 12.1. The van der Waals surface area contributed by atoms with Crippen LogP contribution in [0.2, 0.25) is 5.02 Å². The zero-order valence-corrected chi connectivity index (χ0v) is 26.0. The minimum Gasteiger partial charge on any atom is -0.483 e. The second-order valence-electron chi connectivity index (χ2n) is 10.8. The van der Waals surface area contributed by atoms with Crippen molar-refractivity contribution in [3.8, 4) is 5.75 Å². The van der Waals surface area contributed by atoms with Gasteiger partial charge in [-0.05, 0) is 55.8 Å². The predicted octanol–water partition coefficient (Wildman–Crippen LogP) is -0.145. The summed E-state index contributed by atoms with van der Waals surface area (Å²) in [7, 11) is -7.56. The highest BCUT2D eigenvalue weighted by Gasteiger charge is 2.47. The maximum absolute atomic E-state index is 13.2. The Morgan fingerprint density at radius 1 is 1.02 bits per heavy atom. The number of benzene rings is 2. The third kappa shape index (κ3) is 6.88. The molecule has 0 saturated carbocycles. The van der Waals surface area contributed by atoms with Crippen molar-refractivity contribution < 1.29 is 45.5 Å². The first kappa shape index (κ1) is 32.5. The molecule has 2 saturated heterocycles. The lowest BCUT2D eigenvalue weighted by atomic mass is 10.0. The number of hydrogen-bond donors (Lipinski definition) is 3. The fourth-order valence-corrected chi connectivity index (χ4v) is 10.4. The lowest BCUT2D eigenvalue weighted by Crippen LogP contribution is -2.54. The number of sulfone groups is 2. The first-order valence-electron chi connectivity index (χ1n) is 14.0. The highest BCUT2D eigenvalue weighted by molar-refractivity contribution is 7.96. The van der Waals surface area contributed by atoms with E-state index < -0.39 is 78.9 Å². The first-order valence-corrected chi connectivity index (χ1v) is 17.7. The molecule has 3 aliphatic heterocycles. The first-order chi connectivity index (χ1) is 21.3. The number of rotatable bonds is 11. The van der Waals surface area contributed by atoms with Crippen molar-refractivity contribution in [3.63, 3.8) is 0 Å². The predicted molar refractivity (Wildman–Crippen MR) is 159 cm³/mol. The highest BCUT2D eigenvalue weighted by atomic mass is 35.5. The standard InChI is InChI=1S/C28H29ClN4O10S2/c29-16-5-7-17(8-6-16)45(41,42)22-15-44(39,40)14-19(22)30-11-2-12-31-24(35)13-43-21-4-1-3-18-25(21)28(38)33(27(18)37)20-9-10-23(34)32-26(20)36/h1,3-8,19-20,22,30H,2,9-15H2,(H,31,35)(H,32,34,36)/t19-,20?,22-/m0/s1. The molecule has 17 heteroatoms. The van der Waals surface area contributed by atoms with Crippen LogP contribution in [0.5, 0.6) is 5.75 Å². The van der Waals surface area contributed by atoms with Crippen LogP contribution in [0.3, 0.4) is 0 Å². The van der Waals surface area contributed by atoms with Crippen LogP contribution in [0.25, 0.3) is 0 Å². The Morgan fingerprint density at radius 2 is 1.76 bits per heavy atom. The molecule has 240 valence electrons. The molecule has 0 radical (unpaired) electrons. The fourth-order valence-electron chi connectivity index (χ4n) is 5.51. The molecule has 5 amide bonds. The fraction of sp³-hybridized carbons (Fsp3) is 0.393. The van der Waals surface area contributed by atoms with Crippen LogP contribution >= 0.6 is 11.6 Å². The Balaban J connectivity index is 1.11. The number of nitrogens with one attached hydrogen (secondary N) is 3. The van der Waals surface area contributed by atoms with Crippen LogP contribution in [-0.4, -0.2) is 99.8 Å². The number of amides is 5. The second kappa shape index (κ2) is 12.9. The van der Waals surface area contributed by atoms with Gasteiger partial charge in [-0.15, -0.1) is 0 Å². The average molecular weight is 681 g/mol. The summed E-state index contributed by atoms with van der Waals surface area (Å²) in [6.45, 7) is -0.129. The van der Waals surface area contributed by atoms with Gasteiger partial charge in [0, 0.05) is 24.0 Å². The van der Waals surface area contributed by atoms with E-state index in [1.54, 1.807) is 0 Å². The molecule has 0 spiro atoms. The summed E-state index contributed by atoms with van der Waals surface area (Å²) >= 11 is 5.85. The van der Waals surface area contributed by atoms with Crippen LogP contribution in [0.1, 0.15) is 40.0 Å². The Kier molecular flexibility index (Phi) is 9.30. The zero-order valence-electron chi connectivity index (χ0n) is 23.7. The molecule has 3 heterocycles. The molecule has 45 heavy (non-hydrogen) atoms. The maximum Gasteiger partial charge on any atom is 0.266 e. The van der Waals surface area contributed by atoms with Gasteiger partial charge in [-0.2, -0.15) is 0 Å². The van der Waals surface area contributed by atoms with Crippen LogP contribution in [0.4, 0.5) is 0 Å². The number of piperidine rings is 1. The van der Waals surface area contributed by atoms with E-state index in [4.69, 9.17) is 16.3 Å². The molecule has 3 atom stereocenters. The van der Waals surface area contributed by atoms with Crippen molar-refractivity contribution in [2.45, 2.75) is 41.5 Å². The van der Waals surface area contributed by atoms with Crippen molar-refractivity contribution in [2.24, 2.45) is 0 Å². The van der Waals surface area contributed by atoms with E-state index in [0.29, 0.717) is 11.4 Å². The molecule has 14 nitrogen and oxygen atoms in total. The van der Waals surface area contributed by atoms with E-state index in [-0.39, 0.29) is 53.5 Å². The minimum absolute atomic E-state index is 0.00103. The zero-order chi connectivity index (χ0) is 32.5. The van der Waals surface area contributed by atoms with Gasteiger partial charge in [0.15, 0.2) is 26.3 Å². The Bertz CT molecular complexity index is 1780. The van der Waals surface area contributed by atoms with Crippen molar-refractivity contribution >= 4 is 60.8 Å². The van der Waals surface area contributed by atoms with Gasteiger partial charge in [0.2, 0.25) is 11.8 Å². The Hall–Kier alpha value is -3.86. The summed E-state index contributed by atoms with van der Waals surface area (Å²) in [6, 6.07) is 7.83.